The summed E-state index contributed by atoms with van der Waals surface area (Å²) < 4.78 is 0. The third kappa shape index (κ3) is 2.17. The van der Waals surface area contributed by atoms with Gasteiger partial charge in [0.05, 0.1) is 0 Å². The molecule has 0 heterocycles. The second-order valence-corrected chi connectivity index (χ2v) is 9.87. The fourth-order valence-corrected chi connectivity index (χ4v) is 6.08. The van der Waals surface area contributed by atoms with Gasteiger partial charge in [0.25, 0.3) is 0 Å². The Bertz CT molecular complexity index is 1570. The van der Waals surface area contributed by atoms with Crippen LogP contribution < -0.4 is 0 Å². The maximum absolute atomic E-state index is 2.44. The average Bonchev–Trinajstić information content (AvgIpc) is 3.25. The van der Waals surface area contributed by atoms with E-state index in [-0.39, 0.29) is 5.41 Å². The van der Waals surface area contributed by atoms with Crippen LogP contribution in [0.3, 0.4) is 0 Å². The Labute approximate surface area is 189 Å². The zero-order valence-electron chi connectivity index (χ0n) is 18.7. The van der Waals surface area contributed by atoms with E-state index >= 15 is 0 Å². The molecule has 2 aliphatic carbocycles. The van der Waals surface area contributed by atoms with Gasteiger partial charge in [0.1, 0.15) is 0 Å². The van der Waals surface area contributed by atoms with Crippen molar-refractivity contribution in [3.63, 3.8) is 0 Å². The van der Waals surface area contributed by atoms with Gasteiger partial charge in [0.2, 0.25) is 0 Å². The molecule has 0 aliphatic heterocycles. The standard InChI is InChI=1S/C32H24/c1-19-11-13-24-25-14-12-20(18-30(25)32(2,3)29(24)17-19)21-15-16-28-23-8-5-4-7-22(23)27-10-6-9-26(21)31(27)28/h4-18H,1-3H3. The molecule has 0 saturated carbocycles. The van der Waals surface area contributed by atoms with Gasteiger partial charge < -0.3 is 0 Å². The Morgan fingerprint density at radius 3 is 1.88 bits per heavy atom. The SMILES string of the molecule is Cc1ccc2c(c1)C(C)(C)c1cc(-c3ccc4c5c(cccc35)-c3ccccc3-4)ccc1-2. The molecule has 0 N–H and O–H groups in total. The molecule has 0 heteroatoms. The highest BCUT2D eigenvalue weighted by atomic mass is 14.4. The average molecular weight is 409 g/mol. The summed E-state index contributed by atoms with van der Waals surface area (Å²) in [5, 5.41) is 2.74. The monoisotopic (exact) mass is 408 g/mol. The highest BCUT2D eigenvalue weighted by molar-refractivity contribution is 6.18. The van der Waals surface area contributed by atoms with Gasteiger partial charge in [-0.3, -0.25) is 0 Å². The molecule has 0 saturated heterocycles. The van der Waals surface area contributed by atoms with Crippen LogP contribution >= 0.6 is 0 Å². The van der Waals surface area contributed by atoms with Crippen LogP contribution in [0, 0.1) is 6.92 Å². The van der Waals surface area contributed by atoms with Gasteiger partial charge in [0.15, 0.2) is 0 Å². The first-order valence-electron chi connectivity index (χ1n) is 11.5. The molecule has 0 atom stereocenters. The first-order valence-corrected chi connectivity index (χ1v) is 11.5. The van der Waals surface area contributed by atoms with Crippen molar-refractivity contribution < 1.29 is 0 Å². The van der Waals surface area contributed by atoms with Crippen LogP contribution in [0.4, 0.5) is 0 Å². The summed E-state index contributed by atoms with van der Waals surface area (Å²) in [6.45, 7) is 6.92. The summed E-state index contributed by atoms with van der Waals surface area (Å²) in [5.41, 5.74) is 15.0. The molecule has 0 bridgehead atoms. The Hall–Kier alpha value is -3.64. The van der Waals surface area contributed by atoms with E-state index in [4.69, 9.17) is 0 Å². The van der Waals surface area contributed by atoms with E-state index in [0.29, 0.717) is 0 Å². The fraction of sp³-hybridized carbons (Fsp3) is 0.125. The predicted molar refractivity (Wildman–Crippen MR) is 136 cm³/mol. The lowest BCUT2D eigenvalue weighted by molar-refractivity contribution is 0.660. The van der Waals surface area contributed by atoms with Crippen LogP contribution in [0.1, 0.15) is 30.5 Å². The van der Waals surface area contributed by atoms with Gasteiger partial charge in [-0.15, -0.1) is 0 Å². The van der Waals surface area contributed by atoms with Gasteiger partial charge in [-0.2, -0.15) is 0 Å². The van der Waals surface area contributed by atoms with Gasteiger partial charge in [0, 0.05) is 5.41 Å². The summed E-state index contributed by atoms with van der Waals surface area (Å²) in [6.07, 6.45) is 0. The normalized spacial score (nSPS) is 14.3. The number of aryl methyl sites for hydroxylation is 1. The molecule has 0 unspecified atom stereocenters. The van der Waals surface area contributed by atoms with Crippen LogP contribution in [0.2, 0.25) is 0 Å². The molecule has 7 rings (SSSR count). The van der Waals surface area contributed by atoms with Crippen molar-refractivity contribution in [3.05, 3.63) is 108 Å². The van der Waals surface area contributed by atoms with E-state index in [1.807, 2.05) is 0 Å². The quantitative estimate of drug-likeness (QED) is 0.255. The van der Waals surface area contributed by atoms with Crippen LogP contribution in [0.15, 0.2) is 91.0 Å². The summed E-state index contributed by atoms with van der Waals surface area (Å²) in [7, 11) is 0. The zero-order valence-corrected chi connectivity index (χ0v) is 18.7. The van der Waals surface area contributed by atoms with Gasteiger partial charge in [-0.05, 0) is 79.4 Å². The Morgan fingerprint density at radius 2 is 1.09 bits per heavy atom. The smallest absolute Gasteiger partial charge is 0.0159 e. The van der Waals surface area contributed by atoms with E-state index in [0.717, 1.165) is 0 Å². The highest BCUT2D eigenvalue weighted by Crippen LogP contribution is 2.52. The van der Waals surface area contributed by atoms with E-state index in [9.17, 15) is 0 Å². The maximum Gasteiger partial charge on any atom is 0.0159 e. The second-order valence-electron chi connectivity index (χ2n) is 9.87. The fourth-order valence-electron chi connectivity index (χ4n) is 6.08. The molecule has 2 aliphatic rings. The minimum atomic E-state index is 0.0117. The third-order valence-electron chi connectivity index (χ3n) is 7.69. The number of benzene rings is 5. The van der Waals surface area contributed by atoms with Crippen molar-refractivity contribution in [1.82, 2.24) is 0 Å². The zero-order chi connectivity index (χ0) is 21.6. The van der Waals surface area contributed by atoms with Crippen LogP contribution in [0.25, 0.3) is 55.3 Å². The molecule has 0 spiro atoms. The van der Waals surface area contributed by atoms with E-state index in [1.54, 1.807) is 0 Å². The lowest BCUT2D eigenvalue weighted by Gasteiger charge is -2.22. The highest BCUT2D eigenvalue weighted by Gasteiger charge is 2.35. The van der Waals surface area contributed by atoms with Gasteiger partial charge >= 0.3 is 0 Å². The van der Waals surface area contributed by atoms with Gasteiger partial charge in [-0.25, -0.2) is 0 Å². The summed E-state index contributed by atoms with van der Waals surface area (Å²) in [6, 6.07) is 34.2. The minimum Gasteiger partial charge on any atom is -0.0616 e. The molecular weight excluding hydrogens is 384 g/mol. The number of hydrogen-bond acceptors (Lipinski definition) is 0. The molecule has 5 aromatic rings. The van der Waals surface area contributed by atoms with Gasteiger partial charge in [-0.1, -0.05) is 104 Å². The number of hydrogen-bond donors (Lipinski definition) is 0. The van der Waals surface area contributed by atoms with Crippen molar-refractivity contribution in [1.29, 1.82) is 0 Å². The van der Waals surface area contributed by atoms with Crippen molar-refractivity contribution >= 4 is 10.8 Å². The van der Waals surface area contributed by atoms with E-state index < -0.39 is 0 Å². The predicted octanol–water partition coefficient (Wildman–Crippen LogP) is 8.77. The molecule has 0 nitrogen and oxygen atoms in total. The first kappa shape index (κ1) is 18.0. The summed E-state index contributed by atoms with van der Waals surface area (Å²) in [4.78, 5) is 0. The summed E-state index contributed by atoms with van der Waals surface area (Å²) in [5.74, 6) is 0. The molecule has 32 heavy (non-hydrogen) atoms. The molecule has 0 amide bonds. The molecular formula is C32H24. The number of rotatable bonds is 1. The van der Waals surface area contributed by atoms with Crippen molar-refractivity contribution in [2.24, 2.45) is 0 Å². The molecule has 0 fully saturated rings. The lowest BCUT2D eigenvalue weighted by atomic mass is 9.81. The Balaban J connectivity index is 1.47. The Kier molecular flexibility index (Phi) is 3.36. The third-order valence-corrected chi connectivity index (χ3v) is 7.69. The largest absolute Gasteiger partial charge is 0.0616 e. The Morgan fingerprint density at radius 1 is 0.500 bits per heavy atom. The van der Waals surface area contributed by atoms with Crippen molar-refractivity contribution in [2.45, 2.75) is 26.2 Å². The molecule has 0 aromatic heterocycles. The molecule has 0 radical (unpaired) electrons. The molecule has 152 valence electrons. The maximum atomic E-state index is 2.44. The lowest BCUT2D eigenvalue weighted by Crippen LogP contribution is -2.15. The van der Waals surface area contributed by atoms with Crippen molar-refractivity contribution in [2.75, 3.05) is 0 Å². The van der Waals surface area contributed by atoms with Crippen molar-refractivity contribution in [3.8, 4) is 44.5 Å². The topological polar surface area (TPSA) is 0 Å². The second kappa shape index (κ2) is 5.99. The van der Waals surface area contributed by atoms with E-state index in [2.05, 4.69) is 112 Å². The van der Waals surface area contributed by atoms with Crippen LogP contribution in [-0.4, -0.2) is 0 Å². The van der Waals surface area contributed by atoms with E-state index in [1.165, 1.54) is 72.0 Å². The summed E-state index contributed by atoms with van der Waals surface area (Å²) >= 11 is 0. The number of fused-ring (bicyclic) bond motifs is 6. The first-order chi connectivity index (χ1) is 15.5. The van der Waals surface area contributed by atoms with Crippen LogP contribution in [-0.2, 0) is 5.41 Å². The molecule has 5 aromatic carbocycles. The minimum absolute atomic E-state index is 0.0117. The van der Waals surface area contributed by atoms with Crippen LogP contribution in [0.5, 0.6) is 0 Å².